The van der Waals surface area contributed by atoms with E-state index in [9.17, 15) is 18.3 Å². The highest BCUT2D eigenvalue weighted by atomic mass is 19.4. The van der Waals surface area contributed by atoms with Gasteiger partial charge in [0, 0.05) is 29.8 Å². The van der Waals surface area contributed by atoms with Crippen LogP contribution in [0.5, 0.6) is 0 Å². The topological polar surface area (TPSA) is 98.8 Å². The minimum absolute atomic E-state index is 0.0305. The van der Waals surface area contributed by atoms with Gasteiger partial charge in [0.15, 0.2) is 5.82 Å². The molecule has 3 aromatic rings. The molecular formula is C22H23F3N6O. The van der Waals surface area contributed by atoms with Crippen molar-refractivity contribution in [1.82, 2.24) is 20.2 Å². The molecule has 10 heteroatoms. The van der Waals surface area contributed by atoms with Gasteiger partial charge in [0.25, 0.3) is 0 Å². The third kappa shape index (κ3) is 3.37. The van der Waals surface area contributed by atoms with Crippen LogP contribution in [0.2, 0.25) is 0 Å². The fraction of sp³-hybridized carbons (Fsp3) is 0.500. The van der Waals surface area contributed by atoms with Crippen LogP contribution in [0.4, 0.5) is 30.6 Å². The van der Waals surface area contributed by atoms with Crippen molar-refractivity contribution in [3.8, 4) is 0 Å². The molecule has 0 aliphatic heterocycles. The van der Waals surface area contributed by atoms with Crippen molar-refractivity contribution < 1.29 is 18.3 Å². The summed E-state index contributed by atoms with van der Waals surface area (Å²) in [6, 6.07) is 6.59. The summed E-state index contributed by atoms with van der Waals surface area (Å²) >= 11 is 0. The van der Waals surface area contributed by atoms with Crippen LogP contribution in [0, 0.1) is 17.8 Å². The smallest absolute Gasteiger partial charge is 0.390 e. The summed E-state index contributed by atoms with van der Waals surface area (Å²) < 4.78 is 38.7. The van der Waals surface area contributed by atoms with Crippen LogP contribution >= 0.6 is 0 Å². The number of rotatable bonds is 4. The number of hydrogen-bond donors (Lipinski definition) is 4. The number of aliphatic hydroxyl groups is 1. The number of halogens is 3. The molecule has 2 unspecified atom stereocenters. The summed E-state index contributed by atoms with van der Waals surface area (Å²) in [6.07, 6.45) is 1.92. The Kier molecular flexibility index (Phi) is 4.21. The van der Waals surface area contributed by atoms with Crippen LogP contribution in [-0.4, -0.2) is 36.9 Å². The number of anilines is 3. The highest BCUT2D eigenvalue weighted by Crippen LogP contribution is 2.56. The lowest BCUT2D eigenvalue weighted by molar-refractivity contribution is -0.141. The third-order valence-electron chi connectivity index (χ3n) is 7.28. The van der Waals surface area contributed by atoms with Crippen LogP contribution in [0.1, 0.15) is 37.8 Å². The van der Waals surface area contributed by atoms with Crippen LogP contribution in [0.25, 0.3) is 10.9 Å². The Balaban J connectivity index is 1.31. The molecule has 4 fully saturated rings. The van der Waals surface area contributed by atoms with Crippen LogP contribution in [-0.2, 0) is 6.18 Å². The Bertz CT molecular complexity index is 1160. The van der Waals surface area contributed by atoms with E-state index in [0.717, 1.165) is 43.6 Å². The molecule has 7 rings (SSSR count). The van der Waals surface area contributed by atoms with Crippen molar-refractivity contribution in [3.05, 3.63) is 36.2 Å². The lowest BCUT2D eigenvalue weighted by Gasteiger charge is -2.58. The number of H-pyrrole nitrogens is 1. The summed E-state index contributed by atoms with van der Waals surface area (Å²) in [5, 5.41) is 23.9. The monoisotopic (exact) mass is 444 g/mol. The van der Waals surface area contributed by atoms with Gasteiger partial charge in [0.2, 0.25) is 0 Å². The first-order valence-electron chi connectivity index (χ1n) is 10.9. The molecule has 3 heterocycles. The first-order chi connectivity index (χ1) is 15.3. The van der Waals surface area contributed by atoms with Gasteiger partial charge in [0.1, 0.15) is 17.3 Å². The van der Waals surface area contributed by atoms with Crippen LogP contribution in [0.3, 0.4) is 0 Å². The van der Waals surface area contributed by atoms with Gasteiger partial charge in [-0.25, -0.2) is 4.98 Å². The predicted octanol–water partition coefficient (Wildman–Crippen LogP) is 4.47. The fourth-order valence-corrected chi connectivity index (χ4v) is 6.29. The van der Waals surface area contributed by atoms with E-state index in [1.54, 1.807) is 12.3 Å². The highest BCUT2D eigenvalue weighted by molar-refractivity contribution is 5.91. The molecule has 2 atom stereocenters. The Morgan fingerprint density at radius 3 is 2.56 bits per heavy atom. The number of hydrogen-bond acceptors (Lipinski definition) is 6. The van der Waals surface area contributed by atoms with E-state index in [1.807, 2.05) is 17.2 Å². The Hall–Kier alpha value is -2.88. The summed E-state index contributed by atoms with van der Waals surface area (Å²) in [5.74, 6) is 2.41. The second-order valence-electron chi connectivity index (χ2n) is 9.58. The summed E-state index contributed by atoms with van der Waals surface area (Å²) in [7, 11) is 0. The van der Waals surface area contributed by atoms with E-state index in [-0.39, 0.29) is 11.9 Å². The van der Waals surface area contributed by atoms with Crippen LogP contribution < -0.4 is 10.6 Å². The van der Waals surface area contributed by atoms with Crippen molar-refractivity contribution in [2.24, 2.45) is 17.8 Å². The maximum absolute atomic E-state index is 12.9. The number of alkyl halides is 3. The molecule has 3 aromatic heterocycles. The van der Waals surface area contributed by atoms with Crippen molar-refractivity contribution in [2.75, 3.05) is 10.6 Å². The molecule has 0 spiro atoms. The largest absolute Gasteiger partial charge is 0.432 e. The van der Waals surface area contributed by atoms with Gasteiger partial charge in [-0.2, -0.15) is 18.3 Å². The van der Waals surface area contributed by atoms with Gasteiger partial charge in [-0.3, -0.25) is 10.1 Å². The molecule has 0 amide bonds. The zero-order chi connectivity index (χ0) is 22.1. The van der Waals surface area contributed by atoms with Gasteiger partial charge in [-0.1, -0.05) is 0 Å². The zero-order valence-electron chi connectivity index (χ0n) is 17.2. The first kappa shape index (κ1) is 19.8. The van der Waals surface area contributed by atoms with E-state index in [2.05, 4.69) is 25.7 Å². The van der Waals surface area contributed by atoms with Gasteiger partial charge in [0.05, 0.1) is 11.1 Å². The number of nitrogens with zero attached hydrogens (tertiary/aromatic N) is 3. The number of aromatic nitrogens is 4. The maximum Gasteiger partial charge on any atom is 0.432 e. The summed E-state index contributed by atoms with van der Waals surface area (Å²) in [6.45, 7) is 0. The van der Waals surface area contributed by atoms with E-state index in [4.69, 9.17) is 0 Å². The van der Waals surface area contributed by atoms with Gasteiger partial charge < -0.3 is 15.7 Å². The van der Waals surface area contributed by atoms with E-state index in [0.29, 0.717) is 34.9 Å². The molecule has 4 saturated carbocycles. The number of nitrogens with one attached hydrogen (secondary N) is 3. The molecule has 4 bridgehead atoms. The summed E-state index contributed by atoms with van der Waals surface area (Å²) in [5.41, 5.74) is -0.768. The fourth-order valence-electron chi connectivity index (χ4n) is 6.29. The third-order valence-corrected chi connectivity index (χ3v) is 7.28. The molecular weight excluding hydrogens is 421 g/mol. The Morgan fingerprint density at radius 1 is 1.09 bits per heavy atom. The summed E-state index contributed by atoms with van der Waals surface area (Å²) in [4.78, 5) is 9.09. The minimum Gasteiger partial charge on any atom is -0.390 e. The number of fused-ring (bicyclic) bond motifs is 1. The van der Waals surface area contributed by atoms with Gasteiger partial charge >= 0.3 is 6.18 Å². The van der Waals surface area contributed by atoms with Gasteiger partial charge in [-0.05, 0) is 62.0 Å². The zero-order valence-corrected chi connectivity index (χ0v) is 17.2. The number of pyridine rings is 2. The molecule has 32 heavy (non-hydrogen) atoms. The molecule has 4 N–H and O–H groups in total. The quantitative estimate of drug-likeness (QED) is 0.474. The standard InChI is InChI=1S/C22H23F3N6O/c23-22(24,25)16-7-18(31-30-16)27-17-6-15-14(2-1-3-26-15)20(28-17)29-19-12-4-11-5-13(19)10-21(32,8-11)9-12/h1-3,6-7,11-13,19,32H,4-5,8-10H2,(H3,27,28,29,30,31). The Morgan fingerprint density at radius 2 is 1.88 bits per heavy atom. The molecule has 0 saturated heterocycles. The lowest BCUT2D eigenvalue weighted by atomic mass is 9.52. The normalized spacial score (nSPS) is 31.2. The molecule has 168 valence electrons. The SMILES string of the molecule is OC12CC3CC(C1)C(Nc1nc(Nc4cc(C(F)(F)F)[nH]n4)cc4ncccc14)C(C3)C2. The Labute approximate surface area is 181 Å². The number of aromatic amines is 1. The molecule has 4 aliphatic carbocycles. The van der Waals surface area contributed by atoms with Gasteiger partial charge in [-0.15, -0.1) is 0 Å². The van der Waals surface area contributed by atoms with E-state index >= 15 is 0 Å². The molecule has 0 radical (unpaired) electrons. The lowest BCUT2D eigenvalue weighted by Crippen LogP contribution is -2.59. The average Bonchev–Trinajstić information content (AvgIpc) is 3.18. The first-order valence-corrected chi connectivity index (χ1v) is 10.9. The molecule has 7 nitrogen and oxygen atoms in total. The van der Waals surface area contributed by atoms with Crippen LogP contribution in [0.15, 0.2) is 30.5 Å². The van der Waals surface area contributed by atoms with E-state index in [1.165, 1.54) is 0 Å². The van der Waals surface area contributed by atoms with E-state index < -0.39 is 17.5 Å². The predicted molar refractivity (Wildman–Crippen MR) is 112 cm³/mol. The van der Waals surface area contributed by atoms with Crippen molar-refractivity contribution in [3.63, 3.8) is 0 Å². The van der Waals surface area contributed by atoms with Crippen molar-refractivity contribution in [2.45, 2.75) is 49.9 Å². The second kappa shape index (κ2) is 6.81. The highest BCUT2D eigenvalue weighted by Gasteiger charge is 2.54. The molecule has 0 aromatic carbocycles. The van der Waals surface area contributed by atoms with Crippen molar-refractivity contribution in [1.29, 1.82) is 0 Å². The second-order valence-corrected chi connectivity index (χ2v) is 9.58. The minimum atomic E-state index is -4.50. The average molecular weight is 444 g/mol. The maximum atomic E-state index is 12.9. The van der Waals surface area contributed by atoms with Crippen molar-refractivity contribution >= 4 is 28.4 Å². The molecule has 4 aliphatic rings.